The highest BCUT2D eigenvalue weighted by Gasteiger charge is 2.14. The van der Waals surface area contributed by atoms with Crippen molar-refractivity contribution < 1.29 is 19.1 Å². The minimum absolute atomic E-state index is 0.115. The van der Waals surface area contributed by atoms with Crippen molar-refractivity contribution in [3.05, 3.63) is 84.4 Å². The van der Waals surface area contributed by atoms with Crippen LogP contribution in [0.3, 0.4) is 0 Å². The molecular weight excluding hydrogens is 462 g/mol. The first-order chi connectivity index (χ1) is 17.0. The number of amides is 2. The molecule has 0 bridgehead atoms. The van der Waals surface area contributed by atoms with Crippen LogP contribution < -0.4 is 25.4 Å². The maximum absolute atomic E-state index is 12.8. The Bertz CT molecular complexity index is 1140. The molecule has 3 rings (SSSR count). The molecule has 0 aromatic heterocycles. The maximum Gasteiger partial charge on any atom is 0.262 e. The minimum Gasteiger partial charge on any atom is -0.493 e. The third-order valence-corrected chi connectivity index (χ3v) is 5.09. The Labute approximate surface area is 210 Å². The van der Waals surface area contributed by atoms with Crippen molar-refractivity contribution in [2.75, 3.05) is 23.8 Å². The summed E-state index contributed by atoms with van der Waals surface area (Å²) in [6.45, 7) is 2.56. The molecule has 0 fully saturated rings. The second-order valence-electron chi connectivity index (χ2n) is 7.69. The van der Waals surface area contributed by atoms with Gasteiger partial charge in [-0.15, -0.1) is 0 Å². The van der Waals surface area contributed by atoms with Gasteiger partial charge in [0.25, 0.3) is 11.8 Å². The van der Waals surface area contributed by atoms with Crippen molar-refractivity contribution in [3.8, 4) is 11.5 Å². The zero-order valence-electron chi connectivity index (χ0n) is 19.6. The lowest BCUT2D eigenvalue weighted by Gasteiger charge is -2.14. The fraction of sp³-hybridized carbons (Fsp3) is 0.222. The Hall–Kier alpha value is -3.91. The molecular formula is C27H29N3O4S. The van der Waals surface area contributed by atoms with Crippen LogP contribution in [0.1, 0.15) is 36.5 Å². The zero-order chi connectivity index (χ0) is 24.9. The maximum atomic E-state index is 12.8. The summed E-state index contributed by atoms with van der Waals surface area (Å²) in [7, 11) is 0. The first-order valence-corrected chi connectivity index (χ1v) is 11.9. The summed E-state index contributed by atoms with van der Waals surface area (Å²) in [5, 5.41) is 8.56. The smallest absolute Gasteiger partial charge is 0.262 e. The summed E-state index contributed by atoms with van der Waals surface area (Å²) in [4.78, 5) is 25.0. The lowest BCUT2D eigenvalue weighted by Crippen LogP contribution is -2.34. The number of nitrogens with one attached hydrogen (secondary N) is 3. The second kappa shape index (κ2) is 13.7. The number of rotatable bonds is 11. The molecule has 3 aromatic rings. The van der Waals surface area contributed by atoms with Gasteiger partial charge in [-0.25, -0.2) is 0 Å². The van der Waals surface area contributed by atoms with Crippen molar-refractivity contribution >= 4 is 40.5 Å². The lowest BCUT2D eigenvalue weighted by atomic mass is 10.2. The molecule has 0 atom stereocenters. The van der Waals surface area contributed by atoms with Gasteiger partial charge in [0.15, 0.2) is 11.7 Å². The Kier molecular flexibility index (Phi) is 10.1. The van der Waals surface area contributed by atoms with E-state index in [1.165, 1.54) is 0 Å². The van der Waals surface area contributed by atoms with Crippen LogP contribution in [0, 0.1) is 0 Å². The van der Waals surface area contributed by atoms with Crippen molar-refractivity contribution in [2.24, 2.45) is 0 Å². The number of benzene rings is 3. The number of thiocarbonyl (C=S) groups is 1. The Morgan fingerprint density at radius 3 is 2.31 bits per heavy atom. The van der Waals surface area contributed by atoms with Crippen molar-refractivity contribution in [1.29, 1.82) is 0 Å². The molecule has 0 aliphatic rings. The van der Waals surface area contributed by atoms with E-state index in [2.05, 4.69) is 22.9 Å². The normalized spacial score (nSPS) is 10.2. The molecule has 0 aliphatic heterocycles. The topological polar surface area (TPSA) is 88.7 Å². The van der Waals surface area contributed by atoms with E-state index < -0.39 is 0 Å². The Balaban J connectivity index is 1.52. The number of ether oxygens (including phenoxy) is 2. The molecule has 3 aromatic carbocycles. The summed E-state index contributed by atoms with van der Waals surface area (Å²) < 4.78 is 11.2. The molecule has 7 nitrogen and oxygen atoms in total. The quantitative estimate of drug-likeness (QED) is 0.246. The van der Waals surface area contributed by atoms with Crippen LogP contribution in [0.5, 0.6) is 11.5 Å². The molecule has 35 heavy (non-hydrogen) atoms. The van der Waals surface area contributed by atoms with E-state index in [9.17, 15) is 9.59 Å². The molecule has 0 spiro atoms. The highest BCUT2D eigenvalue weighted by atomic mass is 32.1. The average molecular weight is 492 g/mol. The monoisotopic (exact) mass is 491 g/mol. The molecule has 0 saturated heterocycles. The molecule has 0 aliphatic carbocycles. The van der Waals surface area contributed by atoms with Gasteiger partial charge >= 0.3 is 0 Å². The molecule has 0 saturated carbocycles. The van der Waals surface area contributed by atoms with Gasteiger partial charge in [0.05, 0.1) is 12.2 Å². The number of carbonyl (C=O) groups is 2. The van der Waals surface area contributed by atoms with E-state index in [0.29, 0.717) is 35.0 Å². The summed E-state index contributed by atoms with van der Waals surface area (Å²) in [5.74, 6) is 0.479. The molecule has 0 radical (unpaired) electrons. The van der Waals surface area contributed by atoms with Crippen LogP contribution in [-0.4, -0.2) is 30.1 Å². The summed E-state index contributed by atoms with van der Waals surface area (Å²) in [5.41, 5.74) is 1.59. The highest BCUT2D eigenvalue weighted by Crippen LogP contribution is 2.19. The van der Waals surface area contributed by atoms with Gasteiger partial charge in [0.1, 0.15) is 11.5 Å². The molecule has 2 amide bonds. The molecule has 3 N–H and O–H groups in total. The zero-order valence-corrected chi connectivity index (χ0v) is 20.4. The van der Waals surface area contributed by atoms with Gasteiger partial charge in [-0.1, -0.05) is 56.2 Å². The number of anilines is 2. The number of hydrogen-bond acceptors (Lipinski definition) is 5. The SMILES string of the molecule is CCCCCOc1ccccc1C(=O)NC(=S)Nc1cccc(NC(=O)COc2ccccc2)c1. The van der Waals surface area contributed by atoms with Crippen molar-refractivity contribution in [2.45, 2.75) is 26.2 Å². The van der Waals surface area contributed by atoms with E-state index in [0.717, 1.165) is 19.3 Å². The largest absolute Gasteiger partial charge is 0.493 e. The van der Waals surface area contributed by atoms with Crippen LogP contribution >= 0.6 is 12.2 Å². The second-order valence-corrected chi connectivity index (χ2v) is 8.10. The van der Waals surface area contributed by atoms with Crippen LogP contribution in [0.4, 0.5) is 11.4 Å². The van der Waals surface area contributed by atoms with Gasteiger partial charge in [-0.2, -0.15) is 0 Å². The standard InChI is InChI=1S/C27H29N3O4S/c1-2-3-9-17-33-24-16-8-7-15-23(24)26(32)30-27(35)29-21-12-10-11-20(18-21)28-25(31)19-34-22-13-5-4-6-14-22/h4-8,10-16,18H,2-3,9,17,19H2,1H3,(H,28,31)(H2,29,30,32,35). The third kappa shape index (κ3) is 8.75. The first-order valence-electron chi connectivity index (χ1n) is 11.5. The number of carbonyl (C=O) groups excluding carboxylic acids is 2. The van der Waals surface area contributed by atoms with E-state index >= 15 is 0 Å². The summed E-state index contributed by atoms with van der Waals surface area (Å²) in [6, 6.07) is 23.2. The van der Waals surface area contributed by atoms with Gasteiger partial charge < -0.3 is 20.1 Å². The van der Waals surface area contributed by atoms with E-state index in [-0.39, 0.29) is 23.5 Å². The number of unbranched alkanes of at least 4 members (excludes halogenated alkanes) is 2. The predicted octanol–water partition coefficient (Wildman–Crippen LogP) is 5.40. The van der Waals surface area contributed by atoms with E-state index in [1.54, 1.807) is 54.6 Å². The number of para-hydroxylation sites is 2. The third-order valence-electron chi connectivity index (χ3n) is 4.88. The fourth-order valence-electron chi connectivity index (χ4n) is 3.18. The average Bonchev–Trinajstić information content (AvgIpc) is 2.86. The molecule has 0 unspecified atom stereocenters. The van der Waals surface area contributed by atoms with E-state index in [4.69, 9.17) is 21.7 Å². The predicted molar refractivity (Wildman–Crippen MR) is 142 cm³/mol. The van der Waals surface area contributed by atoms with Crippen molar-refractivity contribution in [3.63, 3.8) is 0 Å². The summed E-state index contributed by atoms with van der Waals surface area (Å²) >= 11 is 5.31. The molecule has 8 heteroatoms. The number of hydrogen-bond donors (Lipinski definition) is 3. The summed E-state index contributed by atoms with van der Waals surface area (Å²) in [6.07, 6.45) is 3.09. The van der Waals surface area contributed by atoms with Gasteiger partial charge in [-0.05, 0) is 61.1 Å². The van der Waals surface area contributed by atoms with Crippen LogP contribution in [0.25, 0.3) is 0 Å². The first kappa shape index (κ1) is 25.7. The highest BCUT2D eigenvalue weighted by molar-refractivity contribution is 7.80. The van der Waals surface area contributed by atoms with Crippen LogP contribution in [0.2, 0.25) is 0 Å². The van der Waals surface area contributed by atoms with Gasteiger partial charge in [0.2, 0.25) is 0 Å². The van der Waals surface area contributed by atoms with Crippen LogP contribution in [0.15, 0.2) is 78.9 Å². The lowest BCUT2D eigenvalue weighted by molar-refractivity contribution is -0.118. The Morgan fingerprint density at radius 2 is 1.54 bits per heavy atom. The van der Waals surface area contributed by atoms with Crippen molar-refractivity contribution in [1.82, 2.24) is 5.32 Å². The fourth-order valence-corrected chi connectivity index (χ4v) is 3.40. The van der Waals surface area contributed by atoms with Gasteiger partial charge in [0, 0.05) is 11.4 Å². The minimum atomic E-state index is -0.365. The Morgan fingerprint density at radius 1 is 0.829 bits per heavy atom. The van der Waals surface area contributed by atoms with Gasteiger partial charge in [-0.3, -0.25) is 14.9 Å². The molecule has 182 valence electrons. The van der Waals surface area contributed by atoms with E-state index in [1.807, 2.05) is 24.3 Å². The molecule has 0 heterocycles. The van der Waals surface area contributed by atoms with Crippen LogP contribution in [-0.2, 0) is 4.79 Å².